The number of halogens is 2. The molecule has 0 amide bonds. The van der Waals surface area contributed by atoms with Crippen molar-refractivity contribution in [3.05, 3.63) is 35.4 Å². The molecule has 0 aliphatic carbocycles. The Bertz CT molecular complexity index is 377. The van der Waals surface area contributed by atoms with Gasteiger partial charge in [-0.3, -0.25) is 0 Å². The van der Waals surface area contributed by atoms with Crippen LogP contribution in [0.5, 0.6) is 0 Å². The van der Waals surface area contributed by atoms with Gasteiger partial charge in [0.1, 0.15) is 0 Å². The molecule has 1 unspecified atom stereocenters. The van der Waals surface area contributed by atoms with Gasteiger partial charge in [0.15, 0.2) is 11.6 Å². The van der Waals surface area contributed by atoms with Crippen LogP contribution in [0.25, 0.3) is 0 Å². The Labute approximate surface area is 115 Å². The molecule has 0 saturated carbocycles. The van der Waals surface area contributed by atoms with Crippen molar-refractivity contribution in [3.8, 4) is 0 Å². The van der Waals surface area contributed by atoms with Gasteiger partial charge >= 0.3 is 0 Å². The van der Waals surface area contributed by atoms with Crippen molar-refractivity contribution in [2.24, 2.45) is 5.92 Å². The van der Waals surface area contributed by atoms with Gasteiger partial charge in [0.05, 0.1) is 0 Å². The van der Waals surface area contributed by atoms with E-state index < -0.39 is 11.6 Å². The number of benzene rings is 1. The third-order valence-electron chi connectivity index (χ3n) is 3.29. The van der Waals surface area contributed by atoms with Crippen molar-refractivity contribution in [3.63, 3.8) is 0 Å². The summed E-state index contributed by atoms with van der Waals surface area (Å²) in [5.41, 5.74) is 0.856. The highest BCUT2D eigenvalue weighted by atomic mass is 19.2. The Hall–Kier alpha value is -0.960. The van der Waals surface area contributed by atoms with Crippen LogP contribution in [0, 0.1) is 17.6 Å². The van der Waals surface area contributed by atoms with Crippen LogP contribution in [-0.4, -0.2) is 12.6 Å². The first-order valence-corrected chi connectivity index (χ1v) is 7.20. The number of likely N-dealkylation sites (N-methyl/N-ethyl adjacent to an activating group) is 1. The summed E-state index contributed by atoms with van der Waals surface area (Å²) in [5.74, 6) is -0.816. The molecule has 0 saturated heterocycles. The lowest BCUT2D eigenvalue weighted by Gasteiger charge is -2.18. The van der Waals surface area contributed by atoms with E-state index in [-0.39, 0.29) is 0 Å². The maximum Gasteiger partial charge on any atom is 0.159 e. The largest absolute Gasteiger partial charge is 0.314 e. The first-order chi connectivity index (χ1) is 9.02. The number of hydrogen-bond donors (Lipinski definition) is 1. The van der Waals surface area contributed by atoms with Crippen LogP contribution in [0.1, 0.15) is 45.6 Å². The van der Waals surface area contributed by atoms with Crippen molar-refractivity contribution < 1.29 is 8.78 Å². The molecular weight excluding hydrogens is 244 g/mol. The SMILES string of the molecule is CCNC(CCCC(C)C)Cc1ccc(F)c(F)c1. The fourth-order valence-electron chi connectivity index (χ4n) is 2.29. The predicted molar refractivity (Wildman–Crippen MR) is 76.2 cm³/mol. The van der Waals surface area contributed by atoms with E-state index in [4.69, 9.17) is 0 Å². The second-order valence-electron chi connectivity index (χ2n) is 5.53. The van der Waals surface area contributed by atoms with Gasteiger partial charge in [-0.15, -0.1) is 0 Å². The minimum Gasteiger partial charge on any atom is -0.314 e. The monoisotopic (exact) mass is 269 g/mol. The molecule has 1 aromatic carbocycles. The summed E-state index contributed by atoms with van der Waals surface area (Å²) in [5, 5.41) is 3.42. The molecule has 1 aromatic rings. The normalized spacial score (nSPS) is 12.9. The first-order valence-electron chi connectivity index (χ1n) is 7.20. The maximum atomic E-state index is 13.2. The fraction of sp³-hybridized carbons (Fsp3) is 0.625. The maximum absolute atomic E-state index is 13.2. The van der Waals surface area contributed by atoms with Gasteiger partial charge in [0, 0.05) is 6.04 Å². The lowest BCUT2D eigenvalue weighted by molar-refractivity contribution is 0.440. The Morgan fingerprint density at radius 2 is 1.84 bits per heavy atom. The fourth-order valence-corrected chi connectivity index (χ4v) is 2.29. The first kappa shape index (κ1) is 16.1. The molecule has 0 bridgehead atoms. The van der Waals surface area contributed by atoms with Gasteiger partial charge in [-0.2, -0.15) is 0 Å². The van der Waals surface area contributed by atoms with Crippen LogP contribution >= 0.6 is 0 Å². The van der Waals surface area contributed by atoms with E-state index >= 15 is 0 Å². The van der Waals surface area contributed by atoms with Crippen molar-refractivity contribution >= 4 is 0 Å². The zero-order valence-electron chi connectivity index (χ0n) is 12.2. The molecule has 0 aliphatic rings. The van der Waals surface area contributed by atoms with Gasteiger partial charge in [-0.05, 0) is 43.0 Å². The van der Waals surface area contributed by atoms with Crippen molar-refractivity contribution in [2.45, 2.75) is 52.5 Å². The van der Waals surface area contributed by atoms with E-state index in [1.165, 1.54) is 25.0 Å². The standard InChI is InChI=1S/C16H25F2N/c1-4-19-14(7-5-6-12(2)3)10-13-8-9-15(17)16(18)11-13/h8-9,11-12,14,19H,4-7,10H2,1-3H3. The molecule has 1 nitrogen and oxygen atoms in total. The Morgan fingerprint density at radius 1 is 1.11 bits per heavy atom. The van der Waals surface area contributed by atoms with Gasteiger partial charge in [-0.25, -0.2) is 8.78 Å². The minimum atomic E-state index is -0.774. The highest BCUT2D eigenvalue weighted by Crippen LogP contribution is 2.14. The van der Waals surface area contributed by atoms with Crippen LogP contribution in [0.2, 0.25) is 0 Å². The van der Waals surface area contributed by atoms with Crippen LogP contribution in [0.4, 0.5) is 8.78 Å². The molecule has 0 aliphatic heterocycles. The summed E-state index contributed by atoms with van der Waals surface area (Å²) in [4.78, 5) is 0. The Morgan fingerprint density at radius 3 is 2.42 bits per heavy atom. The zero-order chi connectivity index (χ0) is 14.3. The second kappa shape index (κ2) is 8.26. The molecule has 0 aromatic heterocycles. The summed E-state index contributed by atoms with van der Waals surface area (Å²) in [6.07, 6.45) is 4.20. The van der Waals surface area contributed by atoms with E-state index in [1.54, 1.807) is 6.07 Å². The average Bonchev–Trinajstić information content (AvgIpc) is 2.33. The molecule has 3 heteroatoms. The molecule has 1 rings (SSSR count). The molecule has 108 valence electrons. The van der Waals surface area contributed by atoms with Gasteiger partial charge in [0.25, 0.3) is 0 Å². The number of rotatable bonds is 8. The summed E-state index contributed by atoms with van der Waals surface area (Å²) in [7, 11) is 0. The second-order valence-corrected chi connectivity index (χ2v) is 5.53. The van der Waals surface area contributed by atoms with Crippen LogP contribution in [-0.2, 0) is 6.42 Å². The van der Waals surface area contributed by atoms with E-state index in [9.17, 15) is 8.78 Å². The van der Waals surface area contributed by atoms with Gasteiger partial charge in [0.2, 0.25) is 0 Å². The third-order valence-corrected chi connectivity index (χ3v) is 3.29. The highest BCUT2D eigenvalue weighted by molar-refractivity contribution is 5.18. The Balaban J connectivity index is 2.54. The number of hydrogen-bond acceptors (Lipinski definition) is 1. The molecule has 19 heavy (non-hydrogen) atoms. The van der Waals surface area contributed by atoms with E-state index in [0.717, 1.165) is 24.9 Å². The molecule has 0 radical (unpaired) electrons. The smallest absolute Gasteiger partial charge is 0.159 e. The van der Waals surface area contributed by atoms with E-state index in [1.807, 2.05) is 0 Å². The van der Waals surface area contributed by atoms with E-state index in [0.29, 0.717) is 12.0 Å². The molecular formula is C16H25F2N. The topological polar surface area (TPSA) is 12.0 Å². The minimum absolute atomic E-state index is 0.341. The molecule has 0 heterocycles. The summed E-state index contributed by atoms with van der Waals surface area (Å²) in [6, 6.07) is 4.53. The summed E-state index contributed by atoms with van der Waals surface area (Å²) < 4.78 is 26.1. The lowest BCUT2D eigenvalue weighted by atomic mass is 9.98. The quantitative estimate of drug-likeness (QED) is 0.741. The zero-order valence-corrected chi connectivity index (χ0v) is 12.2. The van der Waals surface area contributed by atoms with Gasteiger partial charge < -0.3 is 5.32 Å². The Kier molecular flexibility index (Phi) is 7.00. The van der Waals surface area contributed by atoms with Crippen LogP contribution in [0.15, 0.2) is 18.2 Å². The molecule has 0 fully saturated rings. The lowest BCUT2D eigenvalue weighted by Crippen LogP contribution is -2.31. The molecule has 0 spiro atoms. The third kappa shape index (κ3) is 6.15. The summed E-state index contributed by atoms with van der Waals surface area (Å²) in [6.45, 7) is 7.41. The van der Waals surface area contributed by atoms with Crippen molar-refractivity contribution in [1.29, 1.82) is 0 Å². The molecule has 1 N–H and O–H groups in total. The van der Waals surface area contributed by atoms with Gasteiger partial charge in [-0.1, -0.05) is 39.7 Å². The highest BCUT2D eigenvalue weighted by Gasteiger charge is 2.10. The van der Waals surface area contributed by atoms with E-state index in [2.05, 4.69) is 26.1 Å². The van der Waals surface area contributed by atoms with Crippen molar-refractivity contribution in [2.75, 3.05) is 6.54 Å². The number of nitrogens with one attached hydrogen (secondary N) is 1. The van der Waals surface area contributed by atoms with Crippen LogP contribution in [0.3, 0.4) is 0 Å². The predicted octanol–water partition coefficient (Wildman–Crippen LogP) is 4.31. The average molecular weight is 269 g/mol. The van der Waals surface area contributed by atoms with Crippen molar-refractivity contribution in [1.82, 2.24) is 5.32 Å². The van der Waals surface area contributed by atoms with Crippen LogP contribution < -0.4 is 5.32 Å². The molecule has 1 atom stereocenters. The summed E-state index contributed by atoms with van der Waals surface area (Å²) >= 11 is 0.